The van der Waals surface area contributed by atoms with E-state index in [4.69, 9.17) is 0 Å². The Morgan fingerprint density at radius 3 is 2.91 bits per heavy atom. The van der Waals surface area contributed by atoms with Gasteiger partial charge in [-0.3, -0.25) is 4.79 Å². The molecule has 114 valence electrons. The van der Waals surface area contributed by atoms with E-state index in [2.05, 4.69) is 20.3 Å². The lowest BCUT2D eigenvalue weighted by Gasteiger charge is -2.14. The van der Waals surface area contributed by atoms with Crippen LogP contribution < -0.4 is 5.32 Å². The lowest BCUT2D eigenvalue weighted by Crippen LogP contribution is -2.28. The lowest BCUT2D eigenvalue weighted by atomic mass is 10.1. The van der Waals surface area contributed by atoms with Crippen LogP contribution in [0.2, 0.25) is 0 Å². The molecule has 5 nitrogen and oxygen atoms in total. The minimum Gasteiger partial charge on any atom is -0.344 e. The number of aromatic amines is 1. The average Bonchev–Trinajstić information content (AvgIpc) is 3.08. The Morgan fingerprint density at radius 1 is 1.41 bits per heavy atom. The Labute approximate surface area is 132 Å². The molecule has 1 aromatic carbocycles. The lowest BCUT2D eigenvalue weighted by molar-refractivity contribution is 0.0934. The Kier molecular flexibility index (Phi) is 3.94. The van der Waals surface area contributed by atoms with Crippen molar-refractivity contribution in [1.82, 2.24) is 20.3 Å². The first-order valence-electron chi connectivity index (χ1n) is 7.26. The molecule has 3 aromatic rings. The molecule has 0 fully saturated rings. The molecule has 0 radical (unpaired) electrons. The van der Waals surface area contributed by atoms with Crippen molar-refractivity contribution < 1.29 is 4.79 Å². The zero-order chi connectivity index (χ0) is 15.7. The second kappa shape index (κ2) is 5.88. The van der Waals surface area contributed by atoms with E-state index >= 15 is 0 Å². The molecule has 2 aromatic heterocycles. The summed E-state index contributed by atoms with van der Waals surface area (Å²) in [5.41, 5.74) is 2.58. The van der Waals surface area contributed by atoms with Gasteiger partial charge in [-0.1, -0.05) is 6.92 Å². The van der Waals surface area contributed by atoms with Crippen LogP contribution in [0.5, 0.6) is 0 Å². The van der Waals surface area contributed by atoms with Gasteiger partial charge in [0, 0.05) is 17.5 Å². The molecule has 0 aliphatic carbocycles. The van der Waals surface area contributed by atoms with Gasteiger partial charge in [0.25, 0.3) is 5.91 Å². The predicted octanol–water partition coefficient (Wildman–Crippen LogP) is 3.52. The normalized spacial score (nSPS) is 12.5. The molecule has 6 heteroatoms. The van der Waals surface area contributed by atoms with Crippen molar-refractivity contribution in [3.63, 3.8) is 0 Å². The van der Waals surface area contributed by atoms with Crippen LogP contribution in [0.4, 0.5) is 0 Å². The number of hydrogen-bond donors (Lipinski definition) is 2. The molecule has 2 N–H and O–H groups in total. The summed E-state index contributed by atoms with van der Waals surface area (Å²) in [6.07, 6.45) is 2.55. The largest absolute Gasteiger partial charge is 0.344 e. The van der Waals surface area contributed by atoms with Crippen molar-refractivity contribution in [3.8, 4) is 0 Å². The number of imidazole rings is 1. The molecule has 0 aliphatic heterocycles. The zero-order valence-electron chi connectivity index (χ0n) is 12.8. The van der Waals surface area contributed by atoms with Crippen molar-refractivity contribution in [2.75, 3.05) is 0 Å². The summed E-state index contributed by atoms with van der Waals surface area (Å²) >= 11 is 1.60. The van der Waals surface area contributed by atoms with Gasteiger partial charge in [0.15, 0.2) is 0 Å². The number of carbonyl (C=O) groups excluding carboxylic acids is 1. The van der Waals surface area contributed by atoms with Crippen LogP contribution in [0.1, 0.15) is 46.3 Å². The molecule has 0 saturated carbocycles. The van der Waals surface area contributed by atoms with Crippen LogP contribution in [0.25, 0.3) is 10.2 Å². The first-order valence-corrected chi connectivity index (χ1v) is 8.08. The fourth-order valence-corrected chi connectivity index (χ4v) is 3.26. The van der Waals surface area contributed by atoms with Crippen molar-refractivity contribution in [2.24, 2.45) is 0 Å². The highest BCUT2D eigenvalue weighted by molar-refractivity contribution is 7.18. The third-order valence-electron chi connectivity index (χ3n) is 3.52. The molecule has 3 rings (SSSR count). The summed E-state index contributed by atoms with van der Waals surface area (Å²) in [7, 11) is 0. The SMILES string of the molecule is CCC(NC(=O)c1ccc2nc(C)sc2c1)c1ncc(C)[nH]1. The van der Waals surface area contributed by atoms with E-state index in [9.17, 15) is 4.79 Å². The zero-order valence-corrected chi connectivity index (χ0v) is 13.6. The number of nitrogens with one attached hydrogen (secondary N) is 2. The molecule has 22 heavy (non-hydrogen) atoms. The van der Waals surface area contributed by atoms with Crippen LogP contribution in [0.3, 0.4) is 0 Å². The molecule has 2 heterocycles. The number of H-pyrrole nitrogens is 1. The van der Waals surface area contributed by atoms with Gasteiger partial charge in [0.05, 0.1) is 21.3 Å². The van der Waals surface area contributed by atoms with Crippen LogP contribution in [-0.4, -0.2) is 20.9 Å². The van der Waals surface area contributed by atoms with Crippen molar-refractivity contribution >= 4 is 27.5 Å². The number of aromatic nitrogens is 3. The number of nitrogens with zero attached hydrogens (tertiary/aromatic N) is 2. The highest BCUT2D eigenvalue weighted by atomic mass is 32.1. The molecule has 1 unspecified atom stereocenters. The fraction of sp³-hybridized carbons (Fsp3) is 0.312. The summed E-state index contributed by atoms with van der Waals surface area (Å²) in [6.45, 7) is 5.94. The van der Waals surface area contributed by atoms with E-state index in [-0.39, 0.29) is 11.9 Å². The quantitative estimate of drug-likeness (QED) is 0.774. The standard InChI is InChI=1S/C16H18N4OS/c1-4-12(15-17-8-9(2)18-15)20-16(21)11-5-6-13-14(7-11)22-10(3)19-13/h5-8,12H,4H2,1-3H3,(H,17,18)(H,20,21). The third kappa shape index (κ3) is 2.87. The smallest absolute Gasteiger partial charge is 0.251 e. The van der Waals surface area contributed by atoms with Gasteiger partial charge in [-0.25, -0.2) is 9.97 Å². The Hall–Kier alpha value is -2.21. The summed E-state index contributed by atoms with van der Waals surface area (Å²) in [5, 5.41) is 4.04. The number of amides is 1. The van der Waals surface area contributed by atoms with E-state index in [1.165, 1.54) is 0 Å². The molecule has 0 bridgehead atoms. The first kappa shape index (κ1) is 14.7. The van der Waals surface area contributed by atoms with Gasteiger partial charge >= 0.3 is 0 Å². The van der Waals surface area contributed by atoms with Gasteiger partial charge in [-0.05, 0) is 38.5 Å². The summed E-state index contributed by atoms with van der Waals surface area (Å²) in [5.74, 6) is 0.705. The van der Waals surface area contributed by atoms with Crippen LogP contribution in [0, 0.1) is 13.8 Å². The van der Waals surface area contributed by atoms with E-state index in [0.717, 1.165) is 33.2 Å². The third-order valence-corrected chi connectivity index (χ3v) is 4.46. The second-order valence-electron chi connectivity index (χ2n) is 5.30. The number of thiazole rings is 1. The maximum absolute atomic E-state index is 12.5. The number of fused-ring (bicyclic) bond motifs is 1. The van der Waals surface area contributed by atoms with Crippen molar-refractivity contribution in [2.45, 2.75) is 33.2 Å². The maximum Gasteiger partial charge on any atom is 0.251 e. The molecule has 0 spiro atoms. The number of aryl methyl sites for hydroxylation is 2. The minimum absolute atomic E-state index is 0.0890. The molecular weight excluding hydrogens is 296 g/mol. The monoisotopic (exact) mass is 314 g/mol. The first-order chi connectivity index (χ1) is 10.6. The van der Waals surface area contributed by atoms with E-state index in [1.807, 2.05) is 39.0 Å². The van der Waals surface area contributed by atoms with E-state index in [0.29, 0.717) is 5.56 Å². The average molecular weight is 314 g/mol. The molecule has 1 atom stereocenters. The number of rotatable bonds is 4. The van der Waals surface area contributed by atoms with Gasteiger partial charge in [0.2, 0.25) is 0 Å². The van der Waals surface area contributed by atoms with E-state index < -0.39 is 0 Å². The summed E-state index contributed by atoms with van der Waals surface area (Å²) < 4.78 is 1.03. The minimum atomic E-state index is -0.111. The maximum atomic E-state index is 12.5. The predicted molar refractivity (Wildman–Crippen MR) is 88.2 cm³/mol. The summed E-state index contributed by atoms with van der Waals surface area (Å²) in [6, 6.07) is 5.50. The fourth-order valence-electron chi connectivity index (χ4n) is 2.40. The molecular formula is C16H18N4OS. The second-order valence-corrected chi connectivity index (χ2v) is 6.54. The van der Waals surface area contributed by atoms with Crippen molar-refractivity contribution in [3.05, 3.63) is 46.5 Å². The Morgan fingerprint density at radius 2 is 2.23 bits per heavy atom. The van der Waals surface area contributed by atoms with Crippen LogP contribution in [0.15, 0.2) is 24.4 Å². The topological polar surface area (TPSA) is 70.7 Å². The van der Waals surface area contributed by atoms with Crippen molar-refractivity contribution in [1.29, 1.82) is 0 Å². The van der Waals surface area contributed by atoms with Gasteiger partial charge in [0.1, 0.15) is 5.82 Å². The molecule has 0 aliphatic rings. The van der Waals surface area contributed by atoms with Crippen LogP contribution >= 0.6 is 11.3 Å². The molecule has 0 saturated heterocycles. The molecule has 1 amide bonds. The highest BCUT2D eigenvalue weighted by Gasteiger charge is 2.17. The van der Waals surface area contributed by atoms with Gasteiger partial charge in [-0.15, -0.1) is 11.3 Å². The number of hydrogen-bond acceptors (Lipinski definition) is 4. The highest BCUT2D eigenvalue weighted by Crippen LogP contribution is 2.23. The van der Waals surface area contributed by atoms with Gasteiger partial charge < -0.3 is 10.3 Å². The summed E-state index contributed by atoms with van der Waals surface area (Å²) in [4.78, 5) is 24.4. The van der Waals surface area contributed by atoms with Crippen LogP contribution in [-0.2, 0) is 0 Å². The number of carbonyl (C=O) groups is 1. The number of benzene rings is 1. The van der Waals surface area contributed by atoms with E-state index in [1.54, 1.807) is 17.5 Å². The van der Waals surface area contributed by atoms with Gasteiger partial charge in [-0.2, -0.15) is 0 Å². The Bertz CT molecular complexity index is 821. The Balaban J connectivity index is 1.82.